The molecule has 0 aromatic heterocycles. The van der Waals surface area contributed by atoms with E-state index in [1.807, 2.05) is 0 Å². The van der Waals surface area contributed by atoms with Crippen LogP contribution in [-0.4, -0.2) is 55.8 Å². The monoisotopic (exact) mass is 513 g/mol. The predicted molar refractivity (Wildman–Crippen MR) is 122 cm³/mol. The molecule has 1 fully saturated rings. The fraction of sp³-hybridized carbons (Fsp3) is 0.385. The third kappa shape index (κ3) is 3.69. The lowest BCUT2D eigenvalue weighted by atomic mass is 9.67. The lowest BCUT2D eigenvalue weighted by Crippen LogP contribution is -2.61. The van der Waals surface area contributed by atoms with E-state index in [2.05, 4.69) is 0 Å². The second kappa shape index (κ2) is 8.48. The highest BCUT2D eigenvalue weighted by atomic mass is 16.7. The van der Waals surface area contributed by atoms with Gasteiger partial charge in [-0.1, -0.05) is 0 Å². The molecule has 4 rings (SSSR count). The Hall–Kier alpha value is -4.12. The lowest BCUT2D eigenvalue weighted by molar-refractivity contribution is -0.312. The Morgan fingerprint density at radius 1 is 1.00 bits per heavy atom. The van der Waals surface area contributed by atoms with Crippen LogP contribution in [-0.2, 0) is 27.2 Å². The number of aliphatic hydroxyl groups is 1. The molecule has 0 radical (unpaired) electrons. The van der Waals surface area contributed by atoms with Gasteiger partial charge in [0, 0.05) is 36.4 Å². The maximum absolute atomic E-state index is 13.4. The largest absolute Gasteiger partial charge is 0.550 e. The van der Waals surface area contributed by atoms with Gasteiger partial charge in [-0.3, -0.25) is 14.4 Å². The minimum atomic E-state index is -2.66. The molecular formula is C26H25O11-. The number of cyclic esters (lactones) is 1. The highest BCUT2D eigenvalue weighted by Crippen LogP contribution is 2.58. The van der Waals surface area contributed by atoms with Gasteiger partial charge >= 0.3 is 5.97 Å². The van der Waals surface area contributed by atoms with E-state index in [1.165, 1.54) is 39.8 Å². The maximum Gasteiger partial charge on any atom is 0.320 e. The molecule has 11 nitrogen and oxygen atoms in total. The minimum Gasteiger partial charge on any atom is -0.550 e. The van der Waals surface area contributed by atoms with Crippen LogP contribution in [0.5, 0.6) is 23.0 Å². The number of carbonyl (C=O) groups excluding carboxylic acids is 4. The Bertz CT molecular complexity index is 1390. The van der Waals surface area contributed by atoms with E-state index in [9.17, 15) is 44.7 Å². The van der Waals surface area contributed by atoms with Gasteiger partial charge in [0.15, 0.2) is 17.7 Å². The molecule has 1 saturated heterocycles. The Morgan fingerprint density at radius 2 is 1.57 bits per heavy atom. The average molecular weight is 513 g/mol. The smallest absolute Gasteiger partial charge is 0.320 e. The summed E-state index contributed by atoms with van der Waals surface area (Å²) in [6, 6.07) is 2.59. The molecule has 2 aromatic rings. The Kier molecular flexibility index (Phi) is 5.95. The predicted octanol–water partition coefficient (Wildman–Crippen LogP) is 0.743. The zero-order valence-electron chi connectivity index (χ0n) is 20.5. The van der Waals surface area contributed by atoms with Gasteiger partial charge in [-0.05, 0) is 51.0 Å². The van der Waals surface area contributed by atoms with E-state index in [-0.39, 0.29) is 33.6 Å². The number of fused-ring (bicyclic) bond motifs is 2. The lowest BCUT2D eigenvalue weighted by Gasteiger charge is -2.45. The number of benzene rings is 2. The fourth-order valence-corrected chi connectivity index (χ4v) is 5.23. The molecule has 2 heterocycles. The van der Waals surface area contributed by atoms with Crippen LogP contribution in [0.4, 0.5) is 0 Å². The first kappa shape index (κ1) is 26.0. The minimum absolute atomic E-state index is 0.0284. The molecule has 0 saturated carbocycles. The molecule has 0 bridgehead atoms. The van der Waals surface area contributed by atoms with Crippen LogP contribution in [0, 0.1) is 19.3 Å². The van der Waals surface area contributed by atoms with Gasteiger partial charge in [-0.2, -0.15) is 0 Å². The summed E-state index contributed by atoms with van der Waals surface area (Å²) >= 11 is 0. The molecule has 196 valence electrons. The number of hydrogen-bond donors (Lipinski definition) is 4. The van der Waals surface area contributed by atoms with Crippen molar-refractivity contribution >= 4 is 23.5 Å². The van der Waals surface area contributed by atoms with Crippen molar-refractivity contribution in [1.29, 1.82) is 0 Å². The molecule has 4 N–H and O–H groups in total. The number of carboxylic acids is 1. The molecule has 0 unspecified atom stereocenters. The van der Waals surface area contributed by atoms with Gasteiger partial charge in [0.05, 0.1) is 11.1 Å². The quantitative estimate of drug-likeness (QED) is 0.315. The van der Waals surface area contributed by atoms with Gasteiger partial charge in [-0.25, -0.2) is 0 Å². The van der Waals surface area contributed by atoms with Crippen LogP contribution < -0.4 is 9.84 Å². The number of hydrogen-bond acceptors (Lipinski definition) is 11. The summed E-state index contributed by atoms with van der Waals surface area (Å²) in [4.78, 5) is 49.1. The summed E-state index contributed by atoms with van der Waals surface area (Å²) in [5.74, 6) is -8.18. The first-order chi connectivity index (χ1) is 17.1. The normalized spacial score (nSPS) is 24.0. The zero-order valence-corrected chi connectivity index (χ0v) is 20.5. The van der Waals surface area contributed by atoms with E-state index < -0.39 is 77.3 Å². The van der Waals surface area contributed by atoms with Crippen LogP contribution in [0.3, 0.4) is 0 Å². The number of aliphatic carboxylic acids is 1. The third-order valence-corrected chi connectivity index (χ3v) is 7.18. The molecule has 2 aliphatic heterocycles. The molecule has 2 aromatic carbocycles. The summed E-state index contributed by atoms with van der Waals surface area (Å²) in [5, 5.41) is 55.8. The second-order valence-corrected chi connectivity index (χ2v) is 9.63. The van der Waals surface area contributed by atoms with Gasteiger partial charge < -0.3 is 39.8 Å². The van der Waals surface area contributed by atoms with Crippen LogP contribution in [0.15, 0.2) is 12.1 Å². The van der Waals surface area contributed by atoms with E-state index >= 15 is 0 Å². The van der Waals surface area contributed by atoms with E-state index in [0.717, 1.165) is 0 Å². The third-order valence-electron chi connectivity index (χ3n) is 7.18. The van der Waals surface area contributed by atoms with Crippen molar-refractivity contribution in [3.8, 4) is 23.0 Å². The Labute approximate surface area is 210 Å². The standard InChI is InChI=1S/C26H26O11/c1-10-5-14(12(3)27)21(32)16(20(10)31)8-25-9-17-22(33)15(13(4)28)6-11(2)23(17)37-26(25,35)18(7-19(29)30)36-24(25)34/h5-6,18,31-33,35H,7-9H2,1-4H3,(H,29,30)/p-1/t18-,25-,26+/m0/s1. The summed E-state index contributed by atoms with van der Waals surface area (Å²) in [7, 11) is 0. The Morgan fingerprint density at radius 3 is 2.14 bits per heavy atom. The summed E-state index contributed by atoms with van der Waals surface area (Å²) in [5.41, 5.74) is -2.26. The summed E-state index contributed by atoms with van der Waals surface area (Å²) < 4.78 is 11.1. The number of Topliss-reactive ketones (excluding diaryl/α,β-unsaturated/α-hetero) is 2. The van der Waals surface area contributed by atoms with Crippen molar-refractivity contribution in [2.45, 2.75) is 58.8 Å². The average Bonchev–Trinajstić information content (AvgIpc) is 3.00. The number of aromatic hydroxyl groups is 3. The second-order valence-electron chi connectivity index (χ2n) is 9.63. The van der Waals surface area contributed by atoms with E-state index in [1.54, 1.807) is 0 Å². The van der Waals surface area contributed by atoms with Crippen LogP contribution in [0.25, 0.3) is 0 Å². The fourth-order valence-electron chi connectivity index (χ4n) is 5.23. The first-order valence-electron chi connectivity index (χ1n) is 11.4. The number of rotatable bonds is 6. The van der Waals surface area contributed by atoms with Crippen LogP contribution >= 0.6 is 0 Å². The van der Waals surface area contributed by atoms with Crippen molar-refractivity contribution < 1.29 is 54.2 Å². The van der Waals surface area contributed by atoms with Gasteiger partial charge in [0.25, 0.3) is 5.79 Å². The van der Waals surface area contributed by atoms with Gasteiger partial charge in [0.1, 0.15) is 28.4 Å². The molecular weight excluding hydrogens is 488 g/mol. The topological polar surface area (TPSA) is 191 Å². The summed E-state index contributed by atoms with van der Waals surface area (Å²) in [6.07, 6.45) is -3.89. The van der Waals surface area contributed by atoms with Gasteiger partial charge in [-0.15, -0.1) is 0 Å². The maximum atomic E-state index is 13.4. The highest BCUT2D eigenvalue weighted by molar-refractivity contribution is 5.99. The van der Waals surface area contributed by atoms with Crippen molar-refractivity contribution in [3.63, 3.8) is 0 Å². The number of carbonyl (C=O) groups is 4. The molecule has 37 heavy (non-hydrogen) atoms. The van der Waals surface area contributed by atoms with Crippen LogP contribution in [0.2, 0.25) is 0 Å². The molecule has 0 spiro atoms. The van der Waals surface area contributed by atoms with Gasteiger partial charge in [0.2, 0.25) is 0 Å². The van der Waals surface area contributed by atoms with Crippen molar-refractivity contribution in [2.75, 3.05) is 0 Å². The molecule has 3 atom stereocenters. The van der Waals surface area contributed by atoms with Crippen molar-refractivity contribution in [2.24, 2.45) is 5.41 Å². The molecule has 11 heteroatoms. The molecule has 0 amide bonds. The van der Waals surface area contributed by atoms with E-state index in [4.69, 9.17) is 9.47 Å². The Balaban J connectivity index is 2.01. The molecule has 2 aliphatic rings. The van der Waals surface area contributed by atoms with E-state index in [0.29, 0.717) is 5.56 Å². The number of carboxylic acid groups (broad SMARTS) is 1. The zero-order chi connectivity index (χ0) is 27.6. The van der Waals surface area contributed by atoms with Crippen LogP contribution in [0.1, 0.15) is 63.2 Å². The number of phenols is 3. The number of aryl methyl sites for hydroxylation is 2. The number of phenolic OH excluding ortho intramolecular Hbond substituents is 3. The first-order valence-corrected chi connectivity index (χ1v) is 11.4. The summed E-state index contributed by atoms with van der Waals surface area (Å²) in [6.45, 7) is 5.40. The SMILES string of the molecule is CC(=O)c1cc(C)c(O)c(C[C@@]23Cc4c(O)c(C(C)=O)cc(C)c4O[C@]2(O)[C@H](CC(=O)[O-])OC3=O)c1O. The highest BCUT2D eigenvalue weighted by Gasteiger charge is 2.72. The number of esters is 1. The number of ketones is 2. The number of ether oxygens (including phenoxy) is 2. The van der Waals surface area contributed by atoms with Crippen molar-refractivity contribution in [3.05, 3.63) is 45.5 Å². The molecule has 0 aliphatic carbocycles. The van der Waals surface area contributed by atoms with Crippen molar-refractivity contribution in [1.82, 2.24) is 0 Å².